The van der Waals surface area contributed by atoms with Crippen LogP contribution in [0.4, 0.5) is 0 Å². The Labute approximate surface area is 110 Å². The Morgan fingerprint density at radius 1 is 1.18 bits per heavy atom. The van der Waals surface area contributed by atoms with Gasteiger partial charge in [0.1, 0.15) is 0 Å². The molecule has 0 amide bonds. The highest BCUT2D eigenvalue weighted by Crippen LogP contribution is 2.14. The van der Waals surface area contributed by atoms with Gasteiger partial charge in [-0.05, 0) is 42.9 Å². The molecule has 0 aliphatic heterocycles. The molecule has 0 aliphatic carbocycles. The van der Waals surface area contributed by atoms with E-state index in [4.69, 9.17) is 0 Å². The van der Waals surface area contributed by atoms with E-state index < -0.39 is 0 Å². The van der Waals surface area contributed by atoms with Crippen LogP contribution < -0.4 is 5.32 Å². The summed E-state index contributed by atoms with van der Waals surface area (Å²) >= 11 is 1.95. The first-order valence-electron chi connectivity index (χ1n) is 6.48. The molecule has 0 radical (unpaired) electrons. The van der Waals surface area contributed by atoms with Gasteiger partial charge in [-0.3, -0.25) is 0 Å². The van der Waals surface area contributed by atoms with Crippen molar-refractivity contribution in [2.75, 3.05) is 18.6 Å². The molecule has 1 N–H and O–H groups in total. The molecule has 0 heterocycles. The molecule has 1 nitrogen and oxygen atoms in total. The van der Waals surface area contributed by atoms with Crippen molar-refractivity contribution in [1.29, 1.82) is 0 Å². The van der Waals surface area contributed by atoms with Crippen LogP contribution in [0.3, 0.4) is 0 Å². The van der Waals surface area contributed by atoms with Gasteiger partial charge in [-0.15, -0.1) is 0 Å². The van der Waals surface area contributed by atoms with Crippen LogP contribution in [0, 0.1) is 5.92 Å². The van der Waals surface area contributed by atoms with Gasteiger partial charge in [0.25, 0.3) is 0 Å². The molecule has 17 heavy (non-hydrogen) atoms. The zero-order chi connectivity index (χ0) is 12.5. The zero-order valence-corrected chi connectivity index (χ0v) is 12.1. The topological polar surface area (TPSA) is 12.0 Å². The van der Waals surface area contributed by atoms with Gasteiger partial charge in [-0.25, -0.2) is 0 Å². The summed E-state index contributed by atoms with van der Waals surface area (Å²) in [6.45, 7) is 5.56. The van der Waals surface area contributed by atoms with Gasteiger partial charge in [0.15, 0.2) is 0 Å². The average molecular weight is 251 g/mol. The molecule has 0 saturated carbocycles. The molecule has 1 unspecified atom stereocenters. The van der Waals surface area contributed by atoms with E-state index in [2.05, 4.69) is 55.8 Å². The molecule has 1 aromatic carbocycles. The van der Waals surface area contributed by atoms with E-state index in [1.807, 2.05) is 11.8 Å². The van der Waals surface area contributed by atoms with Crippen LogP contribution in [-0.2, 0) is 6.42 Å². The first-order chi connectivity index (χ1) is 8.22. The summed E-state index contributed by atoms with van der Waals surface area (Å²) in [7, 11) is 0. The summed E-state index contributed by atoms with van der Waals surface area (Å²) in [6, 6.07) is 11.4. The molecular weight excluding hydrogens is 226 g/mol. The second-order valence-electron chi connectivity index (χ2n) is 4.90. The lowest BCUT2D eigenvalue weighted by atomic mass is 9.96. The molecule has 2 heteroatoms. The summed E-state index contributed by atoms with van der Waals surface area (Å²) in [5.41, 5.74) is 1.46. The first-order valence-corrected chi connectivity index (χ1v) is 7.88. The Hall–Kier alpha value is -0.470. The highest BCUT2D eigenvalue weighted by Gasteiger charge is 2.09. The molecular formula is C15H25NS. The Kier molecular flexibility index (Phi) is 7.38. The normalized spacial score (nSPS) is 12.9. The highest BCUT2D eigenvalue weighted by molar-refractivity contribution is 7.98. The van der Waals surface area contributed by atoms with Gasteiger partial charge in [-0.1, -0.05) is 44.2 Å². The number of benzene rings is 1. The summed E-state index contributed by atoms with van der Waals surface area (Å²) in [5.74, 6) is 2.02. The summed E-state index contributed by atoms with van der Waals surface area (Å²) in [6.07, 6.45) is 4.69. The lowest BCUT2D eigenvalue weighted by molar-refractivity contribution is 0.438. The predicted molar refractivity (Wildman–Crippen MR) is 79.8 cm³/mol. The molecule has 1 rings (SSSR count). The fourth-order valence-corrected chi connectivity index (χ4v) is 2.48. The average Bonchev–Trinajstić information content (AvgIpc) is 2.34. The third-order valence-electron chi connectivity index (χ3n) is 2.91. The smallest absolute Gasteiger partial charge is 0.00104 e. The van der Waals surface area contributed by atoms with Gasteiger partial charge < -0.3 is 5.32 Å². The molecule has 0 aromatic heterocycles. The van der Waals surface area contributed by atoms with Crippen molar-refractivity contribution in [1.82, 2.24) is 5.32 Å². The largest absolute Gasteiger partial charge is 0.314 e. The van der Waals surface area contributed by atoms with E-state index in [1.165, 1.54) is 24.2 Å². The fourth-order valence-electron chi connectivity index (χ4n) is 1.91. The number of hydrogen-bond acceptors (Lipinski definition) is 2. The Balaban J connectivity index is 2.44. The lowest BCUT2D eigenvalue weighted by Gasteiger charge is -2.19. The molecule has 0 saturated heterocycles. The minimum atomic E-state index is 0.586. The molecule has 1 atom stereocenters. The Morgan fingerprint density at radius 3 is 2.47 bits per heavy atom. The van der Waals surface area contributed by atoms with Crippen molar-refractivity contribution in [3.8, 4) is 0 Å². The van der Waals surface area contributed by atoms with Crippen molar-refractivity contribution in [2.45, 2.75) is 32.7 Å². The zero-order valence-electron chi connectivity index (χ0n) is 11.3. The minimum absolute atomic E-state index is 0.586. The summed E-state index contributed by atoms with van der Waals surface area (Å²) in [4.78, 5) is 0. The third kappa shape index (κ3) is 6.75. The van der Waals surface area contributed by atoms with Crippen LogP contribution >= 0.6 is 11.8 Å². The van der Waals surface area contributed by atoms with Crippen LogP contribution in [0.25, 0.3) is 0 Å². The van der Waals surface area contributed by atoms with Crippen molar-refractivity contribution in [3.05, 3.63) is 35.9 Å². The molecule has 0 fully saturated rings. The SMILES string of the molecule is CSCCC(CNC(C)C)Cc1ccccc1. The maximum absolute atomic E-state index is 3.57. The van der Waals surface area contributed by atoms with Crippen LogP contribution in [0.2, 0.25) is 0 Å². The van der Waals surface area contributed by atoms with Crippen LogP contribution in [0.1, 0.15) is 25.8 Å². The number of rotatable bonds is 8. The summed E-state index contributed by atoms with van der Waals surface area (Å²) < 4.78 is 0. The summed E-state index contributed by atoms with van der Waals surface area (Å²) in [5, 5.41) is 3.57. The number of nitrogens with one attached hydrogen (secondary N) is 1. The quantitative estimate of drug-likeness (QED) is 0.757. The van der Waals surface area contributed by atoms with Crippen molar-refractivity contribution < 1.29 is 0 Å². The molecule has 96 valence electrons. The monoisotopic (exact) mass is 251 g/mol. The Morgan fingerprint density at radius 2 is 1.88 bits per heavy atom. The van der Waals surface area contributed by atoms with Gasteiger partial charge in [-0.2, -0.15) is 11.8 Å². The van der Waals surface area contributed by atoms with Gasteiger partial charge in [0.2, 0.25) is 0 Å². The van der Waals surface area contributed by atoms with Crippen LogP contribution in [0.5, 0.6) is 0 Å². The maximum atomic E-state index is 3.57. The molecule has 1 aromatic rings. The fraction of sp³-hybridized carbons (Fsp3) is 0.600. The van der Waals surface area contributed by atoms with Crippen molar-refractivity contribution >= 4 is 11.8 Å². The predicted octanol–water partition coefficient (Wildman–Crippen LogP) is 3.60. The second kappa shape index (κ2) is 8.60. The van der Waals surface area contributed by atoms with Crippen molar-refractivity contribution in [2.24, 2.45) is 5.92 Å². The number of hydrogen-bond donors (Lipinski definition) is 1. The second-order valence-corrected chi connectivity index (χ2v) is 5.89. The minimum Gasteiger partial charge on any atom is -0.314 e. The van der Waals surface area contributed by atoms with E-state index in [1.54, 1.807) is 0 Å². The molecule has 0 aliphatic rings. The van der Waals surface area contributed by atoms with Crippen LogP contribution in [0.15, 0.2) is 30.3 Å². The van der Waals surface area contributed by atoms with Crippen LogP contribution in [-0.4, -0.2) is 24.6 Å². The first kappa shape index (κ1) is 14.6. The van der Waals surface area contributed by atoms with Crippen molar-refractivity contribution in [3.63, 3.8) is 0 Å². The van der Waals surface area contributed by atoms with E-state index in [0.717, 1.165) is 12.5 Å². The van der Waals surface area contributed by atoms with Gasteiger partial charge in [0, 0.05) is 6.04 Å². The van der Waals surface area contributed by atoms with E-state index in [-0.39, 0.29) is 0 Å². The lowest BCUT2D eigenvalue weighted by Crippen LogP contribution is -2.30. The maximum Gasteiger partial charge on any atom is 0.00104 e. The van der Waals surface area contributed by atoms with E-state index in [0.29, 0.717) is 6.04 Å². The van der Waals surface area contributed by atoms with Gasteiger partial charge in [0.05, 0.1) is 0 Å². The van der Waals surface area contributed by atoms with E-state index in [9.17, 15) is 0 Å². The third-order valence-corrected chi connectivity index (χ3v) is 3.56. The van der Waals surface area contributed by atoms with Gasteiger partial charge >= 0.3 is 0 Å². The molecule has 0 bridgehead atoms. The van der Waals surface area contributed by atoms with E-state index >= 15 is 0 Å². The standard InChI is InChI=1S/C15H25NS/c1-13(2)16-12-15(9-10-17-3)11-14-7-5-4-6-8-14/h4-8,13,15-16H,9-12H2,1-3H3. The molecule has 0 spiro atoms. The highest BCUT2D eigenvalue weighted by atomic mass is 32.2. The Bertz CT molecular complexity index is 284. The number of thioether (sulfide) groups is 1.